The Labute approximate surface area is 174 Å². The fraction of sp³-hybridized carbons (Fsp3) is 0.182. The maximum absolute atomic E-state index is 9.37. The van der Waals surface area contributed by atoms with E-state index in [9.17, 15) is 5.26 Å². The summed E-state index contributed by atoms with van der Waals surface area (Å²) in [7, 11) is 6.24. The van der Waals surface area contributed by atoms with Gasteiger partial charge in [-0.15, -0.1) is 0 Å². The first-order chi connectivity index (χ1) is 14.6. The van der Waals surface area contributed by atoms with E-state index in [2.05, 4.69) is 10.3 Å². The number of rotatable bonds is 8. The van der Waals surface area contributed by atoms with Gasteiger partial charge in [0.1, 0.15) is 11.8 Å². The summed E-state index contributed by atoms with van der Waals surface area (Å²) in [6.07, 6.45) is 3.43. The van der Waals surface area contributed by atoms with Crippen LogP contribution in [0.25, 0.3) is 12.2 Å². The zero-order chi connectivity index (χ0) is 21.5. The molecule has 0 saturated carbocycles. The average molecular weight is 407 g/mol. The van der Waals surface area contributed by atoms with Crippen LogP contribution in [-0.4, -0.2) is 33.4 Å². The Kier molecular flexibility index (Phi) is 6.45. The molecule has 0 radical (unpaired) electrons. The second-order valence-corrected chi connectivity index (χ2v) is 5.99. The van der Waals surface area contributed by atoms with E-state index in [1.54, 1.807) is 64.9 Å². The van der Waals surface area contributed by atoms with Crippen LogP contribution in [0.15, 0.2) is 40.8 Å². The van der Waals surface area contributed by atoms with E-state index in [4.69, 9.17) is 23.4 Å². The Balaban J connectivity index is 1.85. The average Bonchev–Trinajstić information content (AvgIpc) is 3.18. The smallest absolute Gasteiger partial charge is 0.236 e. The molecule has 0 aliphatic heterocycles. The van der Waals surface area contributed by atoms with Crippen LogP contribution in [-0.2, 0) is 0 Å². The lowest BCUT2D eigenvalue weighted by Gasteiger charge is -2.12. The van der Waals surface area contributed by atoms with Crippen molar-refractivity contribution < 1.29 is 23.4 Å². The maximum atomic E-state index is 9.37. The molecule has 8 heteroatoms. The fourth-order valence-electron chi connectivity index (χ4n) is 2.74. The Morgan fingerprint density at radius 1 is 0.933 bits per heavy atom. The highest BCUT2D eigenvalue weighted by molar-refractivity contribution is 5.71. The lowest BCUT2D eigenvalue weighted by molar-refractivity contribution is 0.324. The second-order valence-electron chi connectivity index (χ2n) is 5.99. The second kappa shape index (κ2) is 9.39. The zero-order valence-electron chi connectivity index (χ0n) is 17.1. The molecule has 8 nitrogen and oxygen atoms in total. The number of hydrogen-bond acceptors (Lipinski definition) is 8. The first-order valence-corrected chi connectivity index (χ1v) is 8.92. The summed E-state index contributed by atoms with van der Waals surface area (Å²) in [5.74, 6) is 2.83. The van der Waals surface area contributed by atoms with Gasteiger partial charge in [0, 0.05) is 11.8 Å². The summed E-state index contributed by atoms with van der Waals surface area (Å²) in [5, 5.41) is 12.4. The number of aromatic nitrogens is 1. The molecule has 0 aliphatic carbocycles. The Morgan fingerprint density at radius 3 is 2.13 bits per heavy atom. The van der Waals surface area contributed by atoms with Crippen molar-refractivity contribution in [2.24, 2.45) is 0 Å². The lowest BCUT2D eigenvalue weighted by atomic mass is 10.1. The minimum Gasteiger partial charge on any atom is -0.497 e. The summed E-state index contributed by atoms with van der Waals surface area (Å²) in [4.78, 5) is 4.20. The number of oxazole rings is 1. The molecule has 30 heavy (non-hydrogen) atoms. The van der Waals surface area contributed by atoms with Crippen molar-refractivity contribution in [2.45, 2.75) is 0 Å². The number of nitrogens with zero attached hydrogens (tertiary/aromatic N) is 2. The summed E-state index contributed by atoms with van der Waals surface area (Å²) in [5.41, 5.74) is 1.67. The predicted molar refractivity (Wildman–Crippen MR) is 113 cm³/mol. The summed E-state index contributed by atoms with van der Waals surface area (Å²) in [6.45, 7) is 0. The van der Waals surface area contributed by atoms with Crippen LogP contribution < -0.4 is 24.3 Å². The highest BCUT2D eigenvalue weighted by Crippen LogP contribution is 2.38. The molecule has 0 spiro atoms. The molecular formula is C22H21N3O5. The zero-order valence-corrected chi connectivity index (χ0v) is 17.1. The van der Waals surface area contributed by atoms with Gasteiger partial charge in [-0.2, -0.15) is 10.2 Å². The summed E-state index contributed by atoms with van der Waals surface area (Å²) in [6, 6.07) is 12.8. The van der Waals surface area contributed by atoms with Gasteiger partial charge in [-0.1, -0.05) is 0 Å². The van der Waals surface area contributed by atoms with Crippen LogP contribution in [0.4, 0.5) is 11.6 Å². The third-order valence-electron chi connectivity index (χ3n) is 4.20. The monoisotopic (exact) mass is 407 g/mol. The van der Waals surface area contributed by atoms with Gasteiger partial charge in [0.15, 0.2) is 11.5 Å². The summed E-state index contributed by atoms with van der Waals surface area (Å²) >= 11 is 0. The third kappa shape index (κ3) is 4.47. The van der Waals surface area contributed by atoms with Crippen LogP contribution in [0.2, 0.25) is 0 Å². The van der Waals surface area contributed by atoms with E-state index in [0.29, 0.717) is 17.2 Å². The largest absolute Gasteiger partial charge is 0.497 e. The van der Waals surface area contributed by atoms with Crippen molar-refractivity contribution >= 4 is 23.7 Å². The van der Waals surface area contributed by atoms with Gasteiger partial charge in [0.25, 0.3) is 0 Å². The predicted octanol–water partition coefficient (Wildman–Crippen LogP) is 4.49. The molecule has 2 aromatic carbocycles. The molecule has 0 bridgehead atoms. The molecule has 1 aromatic heterocycles. The number of methoxy groups -OCH3 is 4. The highest BCUT2D eigenvalue weighted by atomic mass is 16.5. The van der Waals surface area contributed by atoms with Gasteiger partial charge in [0.2, 0.25) is 23.2 Å². The third-order valence-corrected chi connectivity index (χ3v) is 4.20. The number of hydrogen-bond donors (Lipinski definition) is 1. The topological polar surface area (TPSA) is 98.8 Å². The molecule has 0 fully saturated rings. The SMILES string of the molecule is COc1ccc(Nc2oc(/C=C/c3cc(OC)c(OC)c(OC)c3)nc2C#N)cc1. The van der Waals surface area contributed by atoms with Crippen molar-refractivity contribution in [3.05, 3.63) is 53.5 Å². The van der Waals surface area contributed by atoms with Gasteiger partial charge in [-0.3, -0.25) is 0 Å². The number of benzene rings is 2. The van der Waals surface area contributed by atoms with Crippen molar-refractivity contribution in [1.82, 2.24) is 4.98 Å². The molecule has 0 amide bonds. The quantitative estimate of drug-likeness (QED) is 0.583. The Hall–Kier alpha value is -4.12. The van der Waals surface area contributed by atoms with Crippen LogP contribution in [0, 0.1) is 11.3 Å². The fourth-order valence-corrected chi connectivity index (χ4v) is 2.74. The van der Waals surface area contributed by atoms with E-state index >= 15 is 0 Å². The van der Waals surface area contributed by atoms with Gasteiger partial charge in [-0.25, -0.2) is 0 Å². The standard InChI is InChI=1S/C22H21N3O5/c1-26-16-8-6-15(7-9-16)24-22-17(13-23)25-20(30-22)10-5-14-11-18(27-2)21(29-4)19(12-14)28-3/h5-12,24H,1-4H3/b10-5+. The molecule has 0 atom stereocenters. The van der Waals surface area contributed by atoms with Gasteiger partial charge < -0.3 is 28.7 Å². The normalized spacial score (nSPS) is 10.5. The minimum atomic E-state index is 0.148. The van der Waals surface area contributed by atoms with Crippen molar-refractivity contribution in [3.8, 4) is 29.1 Å². The van der Waals surface area contributed by atoms with Crippen LogP contribution in [0.3, 0.4) is 0 Å². The maximum Gasteiger partial charge on any atom is 0.236 e. The van der Waals surface area contributed by atoms with E-state index < -0.39 is 0 Å². The molecule has 0 unspecified atom stereocenters. The van der Waals surface area contributed by atoms with Crippen molar-refractivity contribution in [2.75, 3.05) is 33.8 Å². The Morgan fingerprint density at radius 2 is 1.60 bits per heavy atom. The molecule has 0 saturated heterocycles. The molecular weight excluding hydrogens is 386 g/mol. The lowest BCUT2D eigenvalue weighted by Crippen LogP contribution is -1.95. The number of nitriles is 1. The number of anilines is 2. The molecule has 1 heterocycles. The highest BCUT2D eigenvalue weighted by Gasteiger charge is 2.14. The van der Waals surface area contributed by atoms with E-state index in [0.717, 1.165) is 17.0 Å². The van der Waals surface area contributed by atoms with E-state index in [-0.39, 0.29) is 17.5 Å². The first kappa shape index (κ1) is 20.6. The van der Waals surface area contributed by atoms with Crippen LogP contribution >= 0.6 is 0 Å². The van der Waals surface area contributed by atoms with Gasteiger partial charge >= 0.3 is 0 Å². The molecule has 3 rings (SSSR count). The first-order valence-electron chi connectivity index (χ1n) is 8.92. The molecule has 3 aromatic rings. The molecule has 154 valence electrons. The van der Waals surface area contributed by atoms with Crippen LogP contribution in [0.1, 0.15) is 17.1 Å². The van der Waals surface area contributed by atoms with E-state index in [1.165, 1.54) is 0 Å². The summed E-state index contributed by atoms with van der Waals surface area (Å²) < 4.78 is 26.9. The number of nitrogens with one attached hydrogen (secondary N) is 1. The van der Waals surface area contributed by atoms with E-state index in [1.807, 2.05) is 18.2 Å². The van der Waals surface area contributed by atoms with Crippen molar-refractivity contribution in [1.29, 1.82) is 5.26 Å². The van der Waals surface area contributed by atoms with Crippen molar-refractivity contribution in [3.63, 3.8) is 0 Å². The van der Waals surface area contributed by atoms with Gasteiger partial charge in [-0.05, 0) is 48.0 Å². The van der Waals surface area contributed by atoms with Crippen LogP contribution in [0.5, 0.6) is 23.0 Å². The number of ether oxygens (including phenoxy) is 4. The molecule has 0 aliphatic rings. The Bertz CT molecular complexity index is 1060. The minimum absolute atomic E-state index is 0.148. The molecule has 1 N–H and O–H groups in total. The van der Waals surface area contributed by atoms with Gasteiger partial charge in [0.05, 0.1) is 28.4 Å².